The van der Waals surface area contributed by atoms with Gasteiger partial charge < -0.3 is 14.5 Å². The molecule has 3 heterocycles. The lowest BCUT2D eigenvalue weighted by molar-refractivity contribution is 0.483. The first-order chi connectivity index (χ1) is 40.4. The Hall–Kier alpha value is -8.67. The van der Waals surface area contributed by atoms with Gasteiger partial charge in [0.1, 0.15) is 24.0 Å². The van der Waals surface area contributed by atoms with Crippen LogP contribution in [0.4, 0.5) is 22.7 Å². The fourth-order valence-corrected chi connectivity index (χ4v) is 11.4. The SMILES string of the molecule is [2H]c1c([2H])c([2H])c(-c2cccc(-c3cc(C(C)(C)C)cc(C(C)(C)C)c3)c2N2CN(c3cccc(Oc4ccc5c6cc(-c7ccc(C(C)(C)C)cc7)ccc6n(-c6cc(C(C)(C)c7ccccc7)ccn6)c5c4)c3)c3ccccc32)c([2H])c1[2H]. The van der Waals surface area contributed by atoms with Gasteiger partial charge >= 0.3 is 0 Å². The molecule has 0 saturated heterocycles. The maximum atomic E-state index is 9.31. The van der Waals surface area contributed by atoms with Crippen LogP contribution in [-0.2, 0) is 21.7 Å². The zero-order valence-electron chi connectivity index (χ0n) is 52.9. The van der Waals surface area contributed by atoms with Gasteiger partial charge in [0.15, 0.2) is 0 Å². The van der Waals surface area contributed by atoms with E-state index in [0.29, 0.717) is 23.7 Å². The number of fused-ring (bicyclic) bond motifs is 4. The van der Waals surface area contributed by atoms with Crippen molar-refractivity contribution in [2.24, 2.45) is 0 Å². The maximum absolute atomic E-state index is 9.31. The monoisotopic (exact) mass is 1050 g/mol. The highest BCUT2D eigenvalue weighted by Gasteiger charge is 2.33. The highest BCUT2D eigenvalue weighted by molar-refractivity contribution is 6.11. The Morgan fingerprint density at radius 3 is 1.74 bits per heavy atom. The van der Waals surface area contributed by atoms with Gasteiger partial charge in [-0.3, -0.25) is 4.57 Å². The lowest BCUT2D eigenvalue weighted by atomic mass is 9.78. The summed E-state index contributed by atoms with van der Waals surface area (Å²) in [7, 11) is 0. The van der Waals surface area contributed by atoms with Gasteiger partial charge in [-0.25, -0.2) is 4.98 Å². The third kappa shape index (κ3) is 9.74. The largest absolute Gasteiger partial charge is 0.457 e. The molecule has 5 heteroatoms. The molecule has 2 aromatic heterocycles. The highest BCUT2D eigenvalue weighted by atomic mass is 16.5. The molecule has 0 atom stereocenters. The topological polar surface area (TPSA) is 33.5 Å². The van der Waals surface area contributed by atoms with Crippen molar-refractivity contribution in [2.75, 3.05) is 16.5 Å². The molecule has 0 N–H and O–H groups in total. The molecule has 1 aliphatic heterocycles. The quantitative estimate of drug-likeness (QED) is 0.137. The number of pyridine rings is 1. The van der Waals surface area contributed by atoms with Gasteiger partial charge in [-0.1, -0.05) is 222 Å². The molecule has 9 aromatic carbocycles. The minimum absolute atomic E-state index is 0.0474. The summed E-state index contributed by atoms with van der Waals surface area (Å²) in [5.74, 6) is 2.13. The van der Waals surface area contributed by atoms with Crippen LogP contribution in [0, 0.1) is 0 Å². The Kier molecular flexibility index (Phi) is 11.5. The summed E-state index contributed by atoms with van der Waals surface area (Å²) < 4.78 is 54.0. The molecule has 0 aliphatic carbocycles. The summed E-state index contributed by atoms with van der Waals surface area (Å²) in [6.45, 7) is 24.9. The Labute approximate surface area is 480 Å². The lowest BCUT2D eigenvalue weighted by Gasteiger charge is -2.29. The molecule has 1 aliphatic rings. The molecule has 80 heavy (non-hydrogen) atoms. The molecule has 0 bridgehead atoms. The van der Waals surface area contributed by atoms with Gasteiger partial charge in [0.25, 0.3) is 0 Å². The highest BCUT2D eigenvalue weighted by Crippen LogP contribution is 2.51. The van der Waals surface area contributed by atoms with Crippen LogP contribution in [0.5, 0.6) is 11.5 Å². The summed E-state index contributed by atoms with van der Waals surface area (Å²) in [5.41, 5.74) is 15.8. The van der Waals surface area contributed by atoms with Gasteiger partial charge in [-0.05, 0) is 127 Å². The van der Waals surface area contributed by atoms with Crippen molar-refractivity contribution in [3.8, 4) is 50.7 Å². The maximum Gasteiger partial charge on any atom is 0.137 e. The third-order valence-electron chi connectivity index (χ3n) is 16.2. The molecular formula is C75H72N4O. The van der Waals surface area contributed by atoms with Crippen molar-refractivity contribution in [1.82, 2.24) is 9.55 Å². The molecule has 0 amide bonds. The predicted octanol–water partition coefficient (Wildman–Crippen LogP) is 20.4. The van der Waals surface area contributed by atoms with E-state index >= 15 is 0 Å². The van der Waals surface area contributed by atoms with Crippen molar-refractivity contribution in [3.05, 3.63) is 252 Å². The van der Waals surface area contributed by atoms with E-state index in [2.05, 4.69) is 242 Å². The molecule has 0 radical (unpaired) electrons. The molecule has 0 unspecified atom stereocenters. The number of hydrogen-bond donors (Lipinski definition) is 0. The molecule has 11 aromatic rings. The molecule has 398 valence electrons. The zero-order valence-corrected chi connectivity index (χ0v) is 47.9. The van der Waals surface area contributed by atoms with Gasteiger partial charge in [0, 0.05) is 51.3 Å². The second kappa shape index (κ2) is 19.9. The van der Waals surface area contributed by atoms with Crippen molar-refractivity contribution in [2.45, 2.75) is 97.8 Å². The van der Waals surface area contributed by atoms with Crippen LogP contribution in [0.2, 0.25) is 0 Å². The van der Waals surface area contributed by atoms with Crippen molar-refractivity contribution in [1.29, 1.82) is 0 Å². The number of aromatic nitrogens is 2. The molecule has 5 nitrogen and oxygen atoms in total. The van der Waals surface area contributed by atoms with Crippen LogP contribution >= 0.6 is 0 Å². The Morgan fingerprint density at radius 1 is 0.425 bits per heavy atom. The first kappa shape index (κ1) is 46.3. The second-order valence-electron chi connectivity index (χ2n) is 25.1. The van der Waals surface area contributed by atoms with Crippen LogP contribution in [0.3, 0.4) is 0 Å². The fraction of sp³-hybridized carbons (Fsp3) is 0.213. The lowest BCUT2D eigenvalue weighted by Crippen LogP contribution is -2.25. The van der Waals surface area contributed by atoms with Crippen LogP contribution < -0.4 is 14.5 Å². The van der Waals surface area contributed by atoms with E-state index in [-0.39, 0.29) is 51.4 Å². The van der Waals surface area contributed by atoms with Gasteiger partial charge in [-0.2, -0.15) is 0 Å². The summed E-state index contributed by atoms with van der Waals surface area (Å²) in [6.07, 6.45) is 1.92. The van der Waals surface area contributed by atoms with Gasteiger partial charge in [0.2, 0.25) is 0 Å². The van der Waals surface area contributed by atoms with Crippen molar-refractivity contribution < 1.29 is 11.6 Å². The standard InChI is InChI=1S/C75H72N4O/c1-72(2,3)54-35-32-50(33-36-54)52-34-39-66-65(44-52)64-38-37-61(48-69(64)79(66)70-46-56(40-41-76-70)75(10,11)55-24-16-13-17-25-55)80-60-27-20-26-59(47-60)77-49-78(68-31-19-18-30-67(68)77)71-62(51-22-14-12-15-23-51)28-21-29-63(71)53-42-57(73(4,5)6)45-58(43-53)74(7,8)9/h12-48H,49H2,1-11H3/i12D,14D,15D,22D,23D. The first-order valence-electron chi connectivity index (χ1n) is 30.4. The van der Waals surface area contributed by atoms with Gasteiger partial charge in [0.05, 0.1) is 34.9 Å². The average molecular weight is 1050 g/mol. The number of anilines is 4. The van der Waals surface area contributed by atoms with Crippen LogP contribution in [0.15, 0.2) is 224 Å². The Balaban J connectivity index is 0.965. The smallest absolute Gasteiger partial charge is 0.137 e. The van der Waals surface area contributed by atoms with E-state index < -0.39 is 6.04 Å². The summed E-state index contributed by atoms with van der Waals surface area (Å²) in [6, 6.07) is 64.5. The summed E-state index contributed by atoms with van der Waals surface area (Å²) >= 11 is 0. The molecule has 12 rings (SSSR count). The number of ether oxygens (including phenoxy) is 1. The van der Waals surface area contributed by atoms with E-state index in [4.69, 9.17) is 13.8 Å². The zero-order chi connectivity index (χ0) is 60.1. The average Bonchev–Trinajstić information content (AvgIpc) is 1.87. The number of rotatable bonds is 10. The predicted molar refractivity (Wildman–Crippen MR) is 338 cm³/mol. The molecule has 0 spiro atoms. The number of hydrogen-bond acceptors (Lipinski definition) is 4. The Morgan fingerprint density at radius 2 is 1.05 bits per heavy atom. The van der Waals surface area contributed by atoms with Gasteiger partial charge in [-0.15, -0.1) is 0 Å². The van der Waals surface area contributed by atoms with E-state index in [9.17, 15) is 2.74 Å². The van der Waals surface area contributed by atoms with Crippen LogP contribution in [-0.4, -0.2) is 16.2 Å². The van der Waals surface area contributed by atoms with Crippen LogP contribution in [0.25, 0.3) is 61.0 Å². The van der Waals surface area contributed by atoms with E-state index in [1.54, 1.807) is 0 Å². The van der Waals surface area contributed by atoms with Crippen molar-refractivity contribution >= 4 is 44.6 Å². The minimum atomic E-state index is -0.427. The minimum Gasteiger partial charge on any atom is -0.457 e. The normalized spacial score (nSPS) is 14.0. The van der Waals surface area contributed by atoms with Crippen LogP contribution in [0.1, 0.15) is 111 Å². The number of benzene rings is 9. The second-order valence-corrected chi connectivity index (χ2v) is 25.1. The third-order valence-corrected chi connectivity index (χ3v) is 16.2. The molecular weight excluding hydrogens is 973 g/mol. The Bertz CT molecular complexity index is 4350. The van der Waals surface area contributed by atoms with E-state index in [1.165, 1.54) is 22.3 Å². The molecule has 0 fully saturated rings. The summed E-state index contributed by atoms with van der Waals surface area (Å²) in [5, 5.41) is 2.19. The fourth-order valence-electron chi connectivity index (χ4n) is 11.4. The first-order valence-corrected chi connectivity index (χ1v) is 27.9. The number of nitrogens with zero attached hydrogens (tertiary/aromatic N) is 4. The summed E-state index contributed by atoms with van der Waals surface area (Å²) in [4.78, 5) is 9.57. The number of para-hydroxylation sites is 3. The van der Waals surface area contributed by atoms with E-state index in [1.807, 2.05) is 42.6 Å². The van der Waals surface area contributed by atoms with Crippen molar-refractivity contribution in [3.63, 3.8) is 0 Å². The molecule has 0 saturated carbocycles. The van der Waals surface area contributed by atoms with E-state index in [0.717, 1.165) is 78.2 Å².